The summed E-state index contributed by atoms with van der Waals surface area (Å²) in [7, 11) is 1.58. The maximum Gasteiger partial charge on any atom is 0.251 e. The third kappa shape index (κ3) is 3.17. The zero-order valence-corrected chi connectivity index (χ0v) is 12.5. The van der Waals surface area contributed by atoms with Crippen LogP contribution in [-0.4, -0.2) is 13.0 Å². The number of carbonyl (C=O) groups is 1. The number of nitrogens with two attached hydrogens (primary N) is 1. The summed E-state index contributed by atoms with van der Waals surface area (Å²) in [5, 5.41) is 2.55. The summed E-state index contributed by atoms with van der Waals surface area (Å²) in [4.78, 5) is 11.5. The molecule has 0 heterocycles. The Morgan fingerprint density at radius 2 is 1.95 bits per heavy atom. The first-order chi connectivity index (χ1) is 9.11. The Labute approximate surface area is 125 Å². The molecule has 0 aliphatic rings. The topological polar surface area (TPSA) is 64.3 Å². The lowest BCUT2D eigenvalue weighted by Gasteiger charge is -2.11. The molecule has 0 saturated carbocycles. The zero-order valence-electron chi connectivity index (χ0n) is 10.3. The molecule has 0 aromatic heterocycles. The van der Waals surface area contributed by atoms with Crippen LogP contribution in [0.4, 0.5) is 5.69 Å². The van der Waals surface area contributed by atoms with E-state index < -0.39 is 0 Å². The minimum absolute atomic E-state index is 0.174. The van der Waals surface area contributed by atoms with Gasteiger partial charge in [-0.3, -0.25) is 4.79 Å². The van der Waals surface area contributed by atoms with Crippen LogP contribution in [0.3, 0.4) is 0 Å². The van der Waals surface area contributed by atoms with Gasteiger partial charge in [-0.15, -0.1) is 0 Å². The number of ether oxygens (including phenoxy) is 1. The van der Waals surface area contributed by atoms with Crippen LogP contribution in [0.25, 0.3) is 0 Å². The molecule has 0 bridgehead atoms. The Balaban J connectivity index is 2.27. The maximum absolute atomic E-state index is 11.5. The van der Waals surface area contributed by atoms with Crippen LogP contribution < -0.4 is 15.8 Å². The fourth-order valence-corrected chi connectivity index (χ4v) is 2.07. The number of para-hydroxylation sites is 1. The van der Waals surface area contributed by atoms with Crippen LogP contribution in [0.2, 0.25) is 0 Å². The Morgan fingerprint density at radius 3 is 2.58 bits per heavy atom. The Hall–Kier alpha value is -1.76. The van der Waals surface area contributed by atoms with Gasteiger partial charge in [0, 0.05) is 12.6 Å². The number of benzene rings is 2. The molecule has 3 N–H and O–H groups in total. The smallest absolute Gasteiger partial charge is 0.251 e. The summed E-state index contributed by atoms with van der Waals surface area (Å²) in [5.41, 5.74) is 6.84. The quantitative estimate of drug-likeness (QED) is 0.647. The van der Waals surface area contributed by atoms with E-state index in [1.54, 1.807) is 25.2 Å². The molecule has 0 aliphatic heterocycles. The number of hydrogen-bond donors (Lipinski definition) is 2. The summed E-state index contributed by atoms with van der Waals surface area (Å²) in [6.45, 7) is 0. The van der Waals surface area contributed by atoms with E-state index in [-0.39, 0.29) is 5.91 Å². The second-order valence-electron chi connectivity index (χ2n) is 3.86. The lowest BCUT2D eigenvalue weighted by molar-refractivity contribution is 0.0963. The Morgan fingerprint density at radius 1 is 1.21 bits per heavy atom. The lowest BCUT2D eigenvalue weighted by atomic mass is 10.2. The van der Waals surface area contributed by atoms with Crippen molar-refractivity contribution in [1.29, 1.82) is 0 Å². The highest BCUT2D eigenvalue weighted by Crippen LogP contribution is 2.30. The average Bonchev–Trinajstić information content (AvgIpc) is 2.42. The third-order valence-electron chi connectivity index (χ3n) is 2.56. The Bertz CT molecular complexity index is 614. The number of nitrogen functional groups attached to an aromatic ring is 1. The van der Waals surface area contributed by atoms with E-state index in [9.17, 15) is 4.79 Å². The second kappa shape index (κ2) is 5.92. The molecule has 0 radical (unpaired) electrons. The van der Waals surface area contributed by atoms with E-state index in [1.165, 1.54) is 0 Å². The summed E-state index contributed by atoms with van der Waals surface area (Å²) >= 11 is 2.19. The predicted octanol–water partition coefficient (Wildman–Crippen LogP) is 3.03. The van der Waals surface area contributed by atoms with Crippen molar-refractivity contribution in [3.05, 3.63) is 51.6 Å². The van der Waals surface area contributed by atoms with Crippen molar-refractivity contribution in [3.8, 4) is 11.5 Å². The normalized spacial score (nSPS) is 10.0. The van der Waals surface area contributed by atoms with Crippen molar-refractivity contribution >= 4 is 34.2 Å². The minimum Gasteiger partial charge on any atom is -0.454 e. The van der Waals surface area contributed by atoms with E-state index >= 15 is 0 Å². The molecule has 0 atom stereocenters. The van der Waals surface area contributed by atoms with Crippen LogP contribution in [0.5, 0.6) is 11.5 Å². The molecule has 19 heavy (non-hydrogen) atoms. The van der Waals surface area contributed by atoms with Gasteiger partial charge in [0.15, 0.2) is 0 Å². The molecule has 2 rings (SSSR count). The van der Waals surface area contributed by atoms with E-state index in [0.29, 0.717) is 17.0 Å². The molecule has 1 amide bonds. The van der Waals surface area contributed by atoms with Gasteiger partial charge in [0.05, 0.1) is 9.26 Å². The highest BCUT2D eigenvalue weighted by atomic mass is 127. The van der Waals surface area contributed by atoms with Crippen molar-refractivity contribution in [1.82, 2.24) is 5.32 Å². The fraction of sp³-hybridized carbons (Fsp3) is 0.0714. The molecule has 0 saturated heterocycles. The van der Waals surface area contributed by atoms with Crippen molar-refractivity contribution in [2.75, 3.05) is 12.8 Å². The van der Waals surface area contributed by atoms with Crippen molar-refractivity contribution in [3.63, 3.8) is 0 Å². The van der Waals surface area contributed by atoms with E-state index in [2.05, 4.69) is 27.9 Å². The summed E-state index contributed by atoms with van der Waals surface area (Å²) in [6.07, 6.45) is 0. The first kappa shape index (κ1) is 13.7. The molecule has 2 aromatic rings. The molecule has 0 fully saturated rings. The zero-order chi connectivity index (χ0) is 13.8. The Kier molecular flexibility index (Phi) is 4.26. The van der Waals surface area contributed by atoms with Crippen molar-refractivity contribution in [2.45, 2.75) is 0 Å². The van der Waals surface area contributed by atoms with Crippen LogP contribution >= 0.6 is 22.6 Å². The van der Waals surface area contributed by atoms with Gasteiger partial charge in [-0.2, -0.15) is 0 Å². The average molecular weight is 368 g/mol. The standard InChI is InChI=1S/C14H13IN2O2/c1-17-14(18)9-6-7-13(11(16)8-9)19-12-5-3-2-4-10(12)15/h2-8H,16H2,1H3,(H,17,18). The van der Waals surface area contributed by atoms with Crippen LogP contribution in [0, 0.1) is 3.57 Å². The monoisotopic (exact) mass is 368 g/mol. The van der Waals surface area contributed by atoms with Crippen LogP contribution in [0.1, 0.15) is 10.4 Å². The van der Waals surface area contributed by atoms with Gasteiger partial charge in [-0.25, -0.2) is 0 Å². The van der Waals surface area contributed by atoms with Crippen molar-refractivity contribution < 1.29 is 9.53 Å². The van der Waals surface area contributed by atoms with Gasteiger partial charge in [-0.1, -0.05) is 12.1 Å². The molecular weight excluding hydrogens is 355 g/mol. The van der Waals surface area contributed by atoms with Crippen LogP contribution in [0.15, 0.2) is 42.5 Å². The molecule has 5 heteroatoms. The number of nitrogens with one attached hydrogen (secondary N) is 1. The molecule has 0 aliphatic carbocycles. The summed E-state index contributed by atoms with van der Waals surface area (Å²) in [5.74, 6) is 1.10. The molecule has 98 valence electrons. The predicted molar refractivity (Wildman–Crippen MR) is 83.5 cm³/mol. The maximum atomic E-state index is 11.5. The van der Waals surface area contributed by atoms with Gasteiger partial charge in [0.25, 0.3) is 5.91 Å². The van der Waals surface area contributed by atoms with E-state index in [1.807, 2.05) is 24.3 Å². The summed E-state index contributed by atoms with van der Waals surface area (Å²) < 4.78 is 6.74. The summed E-state index contributed by atoms with van der Waals surface area (Å²) in [6, 6.07) is 12.6. The number of amides is 1. The first-order valence-corrected chi connectivity index (χ1v) is 6.73. The van der Waals surface area contributed by atoms with Gasteiger partial charge in [0.1, 0.15) is 11.5 Å². The molecule has 2 aromatic carbocycles. The number of hydrogen-bond acceptors (Lipinski definition) is 3. The lowest BCUT2D eigenvalue weighted by Crippen LogP contribution is -2.17. The minimum atomic E-state index is -0.174. The second-order valence-corrected chi connectivity index (χ2v) is 5.03. The highest BCUT2D eigenvalue weighted by Gasteiger charge is 2.09. The van der Waals surface area contributed by atoms with Gasteiger partial charge < -0.3 is 15.8 Å². The molecular formula is C14H13IN2O2. The first-order valence-electron chi connectivity index (χ1n) is 5.66. The molecule has 0 unspecified atom stereocenters. The molecule has 0 spiro atoms. The highest BCUT2D eigenvalue weighted by molar-refractivity contribution is 14.1. The fourth-order valence-electron chi connectivity index (χ4n) is 1.57. The largest absolute Gasteiger partial charge is 0.454 e. The SMILES string of the molecule is CNC(=O)c1ccc(Oc2ccccc2I)c(N)c1. The number of rotatable bonds is 3. The molecule has 4 nitrogen and oxygen atoms in total. The number of anilines is 1. The van der Waals surface area contributed by atoms with Gasteiger partial charge in [-0.05, 0) is 52.9 Å². The van der Waals surface area contributed by atoms with Gasteiger partial charge in [0.2, 0.25) is 0 Å². The van der Waals surface area contributed by atoms with E-state index in [0.717, 1.165) is 9.32 Å². The third-order valence-corrected chi connectivity index (χ3v) is 3.45. The van der Waals surface area contributed by atoms with E-state index in [4.69, 9.17) is 10.5 Å². The number of carbonyl (C=O) groups excluding carboxylic acids is 1. The van der Waals surface area contributed by atoms with Gasteiger partial charge >= 0.3 is 0 Å². The number of halogens is 1. The van der Waals surface area contributed by atoms with Crippen LogP contribution in [-0.2, 0) is 0 Å². The van der Waals surface area contributed by atoms with Crippen molar-refractivity contribution in [2.24, 2.45) is 0 Å².